The highest BCUT2D eigenvalue weighted by molar-refractivity contribution is 9.14. The number of ketones is 1. The van der Waals surface area contributed by atoms with Gasteiger partial charge < -0.3 is 9.88 Å². The lowest BCUT2D eigenvalue weighted by Crippen LogP contribution is -2.10. The van der Waals surface area contributed by atoms with Crippen LogP contribution in [0.2, 0.25) is 0 Å². The highest BCUT2D eigenvalue weighted by Gasteiger charge is 2.28. The van der Waals surface area contributed by atoms with Crippen molar-refractivity contribution < 1.29 is 9.59 Å². The van der Waals surface area contributed by atoms with E-state index >= 15 is 0 Å². The summed E-state index contributed by atoms with van der Waals surface area (Å²) < 4.78 is 4.37. The minimum absolute atomic E-state index is 0.0574. The van der Waals surface area contributed by atoms with E-state index in [1.807, 2.05) is 16.7 Å². The Morgan fingerprint density at radius 3 is 2.64 bits per heavy atom. The number of fused-ring (bicyclic) bond motifs is 2. The van der Waals surface area contributed by atoms with Crippen molar-refractivity contribution >= 4 is 65.2 Å². The summed E-state index contributed by atoms with van der Waals surface area (Å²) >= 11 is 10.5. The lowest BCUT2D eigenvalue weighted by Gasteiger charge is -2.08. The number of rotatable bonds is 1. The third-order valence-electron chi connectivity index (χ3n) is 3.58. The molecular formula is C15H11Br3N2O2. The van der Waals surface area contributed by atoms with Gasteiger partial charge in [0.15, 0.2) is 0 Å². The monoisotopic (exact) mass is 488 g/mol. The van der Waals surface area contributed by atoms with Crippen molar-refractivity contribution in [2.45, 2.75) is 19.9 Å². The molecule has 0 atom stereocenters. The number of amides is 1. The van der Waals surface area contributed by atoms with Crippen molar-refractivity contribution in [2.75, 3.05) is 5.32 Å². The summed E-state index contributed by atoms with van der Waals surface area (Å²) in [6.07, 6.45) is 0.751. The Morgan fingerprint density at radius 2 is 1.95 bits per heavy atom. The first-order chi connectivity index (χ1) is 10.4. The zero-order chi connectivity index (χ0) is 16.0. The van der Waals surface area contributed by atoms with Gasteiger partial charge in [0.25, 0.3) is 0 Å². The topological polar surface area (TPSA) is 51.1 Å². The summed E-state index contributed by atoms with van der Waals surface area (Å²) in [5.74, 6) is -0.214. The fourth-order valence-corrected chi connectivity index (χ4v) is 4.41. The zero-order valence-corrected chi connectivity index (χ0v) is 16.3. The lowest BCUT2D eigenvalue weighted by atomic mass is 10.00. The molecule has 1 aromatic heterocycles. The van der Waals surface area contributed by atoms with Crippen LogP contribution in [-0.4, -0.2) is 16.3 Å². The van der Waals surface area contributed by atoms with Crippen molar-refractivity contribution in [2.24, 2.45) is 0 Å². The average Bonchev–Trinajstić information content (AvgIpc) is 2.61. The molecule has 1 aliphatic rings. The molecule has 3 rings (SSSR count). The quantitative estimate of drug-likeness (QED) is 0.639. The Morgan fingerprint density at radius 1 is 1.23 bits per heavy atom. The number of carbonyl (C=O) groups excluding carboxylic acids is 2. The van der Waals surface area contributed by atoms with Gasteiger partial charge in [0.05, 0.1) is 8.95 Å². The molecule has 0 spiro atoms. The van der Waals surface area contributed by atoms with E-state index in [0.29, 0.717) is 23.5 Å². The van der Waals surface area contributed by atoms with E-state index in [2.05, 4.69) is 53.1 Å². The minimum Gasteiger partial charge on any atom is -0.330 e. The Balaban J connectivity index is 2.15. The molecule has 0 radical (unpaired) electrons. The molecule has 2 aromatic rings. The molecule has 1 N–H and O–H groups in total. The van der Waals surface area contributed by atoms with Gasteiger partial charge in [-0.05, 0) is 71.9 Å². The molecule has 0 saturated heterocycles. The fourth-order valence-electron chi connectivity index (χ4n) is 2.61. The number of anilines is 1. The Hall–Kier alpha value is -0.920. The molecule has 114 valence electrons. The standard InChI is InChI=1S/C15H11Br3N2O2/c1-7(21)19-9-3-2-8-4-5-20-13(14(22)10(8)6-9)11(16)12(17)15(20)18/h2-3,6H,4-5H2,1H3,(H,19,21). The molecule has 0 aliphatic carbocycles. The Bertz CT molecular complexity index is 812. The van der Waals surface area contributed by atoms with Gasteiger partial charge in [-0.3, -0.25) is 9.59 Å². The third-order valence-corrected chi connectivity index (χ3v) is 7.02. The highest BCUT2D eigenvalue weighted by atomic mass is 79.9. The highest BCUT2D eigenvalue weighted by Crippen LogP contribution is 2.39. The molecule has 1 aliphatic heterocycles. The van der Waals surface area contributed by atoms with Crippen molar-refractivity contribution in [3.05, 3.63) is 48.6 Å². The van der Waals surface area contributed by atoms with Crippen LogP contribution in [0, 0.1) is 0 Å². The summed E-state index contributed by atoms with van der Waals surface area (Å²) in [4.78, 5) is 24.2. The van der Waals surface area contributed by atoms with Gasteiger partial charge in [0.1, 0.15) is 10.3 Å². The van der Waals surface area contributed by atoms with Gasteiger partial charge in [-0.25, -0.2) is 0 Å². The predicted molar refractivity (Wildman–Crippen MR) is 95.4 cm³/mol. The minimum atomic E-state index is -0.156. The molecule has 0 saturated carbocycles. The number of nitrogens with one attached hydrogen (secondary N) is 1. The number of aromatic nitrogens is 1. The summed E-state index contributed by atoms with van der Waals surface area (Å²) in [7, 11) is 0. The SMILES string of the molecule is CC(=O)Nc1ccc2c(c1)C(=O)c1c(Br)c(Br)c(Br)n1CC2. The summed E-state index contributed by atoms with van der Waals surface area (Å²) in [6.45, 7) is 2.15. The van der Waals surface area contributed by atoms with Gasteiger partial charge in [-0.15, -0.1) is 0 Å². The molecule has 0 bridgehead atoms. The normalized spacial score (nSPS) is 13.4. The first kappa shape index (κ1) is 16.0. The van der Waals surface area contributed by atoms with E-state index in [0.717, 1.165) is 25.5 Å². The number of aryl methyl sites for hydroxylation is 1. The van der Waals surface area contributed by atoms with Crippen molar-refractivity contribution in [1.29, 1.82) is 0 Å². The number of halogens is 3. The number of carbonyl (C=O) groups is 2. The van der Waals surface area contributed by atoms with Crippen LogP contribution < -0.4 is 5.32 Å². The molecule has 7 heteroatoms. The van der Waals surface area contributed by atoms with E-state index in [4.69, 9.17) is 0 Å². The second-order valence-corrected chi connectivity index (χ2v) is 7.39. The summed E-state index contributed by atoms with van der Waals surface area (Å²) in [5.41, 5.74) is 2.85. The third kappa shape index (κ3) is 2.59. The van der Waals surface area contributed by atoms with Gasteiger partial charge in [0.2, 0.25) is 11.7 Å². The number of benzene rings is 1. The molecule has 22 heavy (non-hydrogen) atoms. The predicted octanol–water partition coefficient (Wildman–Crippen LogP) is 4.52. The molecule has 2 heterocycles. The van der Waals surface area contributed by atoms with Crippen molar-refractivity contribution in [1.82, 2.24) is 4.57 Å². The average molecular weight is 491 g/mol. The van der Waals surface area contributed by atoms with Crippen LogP contribution in [0.4, 0.5) is 5.69 Å². The molecule has 1 aromatic carbocycles. The Labute approximate surface area is 152 Å². The maximum absolute atomic E-state index is 12.9. The van der Waals surface area contributed by atoms with Crippen molar-refractivity contribution in [3.63, 3.8) is 0 Å². The number of hydrogen-bond acceptors (Lipinski definition) is 2. The second kappa shape index (κ2) is 5.94. The fraction of sp³-hybridized carbons (Fsp3) is 0.200. The molecule has 0 unspecified atom stereocenters. The van der Waals surface area contributed by atoms with Gasteiger partial charge in [0, 0.05) is 24.7 Å². The molecule has 4 nitrogen and oxygen atoms in total. The van der Waals surface area contributed by atoms with E-state index < -0.39 is 0 Å². The van der Waals surface area contributed by atoms with Crippen molar-refractivity contribution in [3.8, 4) is 0 Å². The van der Waals surface area contributed by atoms with Gasteiger partial charge in [-0.2, -0.15) is 0 Å². The van der Waals surface area contributed by atoms with Crippen LogP contribution in [0.5, 0.6) is 0 Å². The first-order valence-electron chi connectivity index (χ1n) is 6.58. The van der Waals surface area contributed by atoms with Crippen LogP contribution >= 0.6 is 47.8 Å². The van der Waals surface area contributed by atoms with Gasteiger partial charge >= 0.3 is 0 Å². The Kier molecular flexibility index (Phi) is 4.31. The van der Waals surface area contributed by atoms with Crippen LogP contribution in [0.25, 0.3) is 0 Å². The van der Waals surface area contributed by atoms with Crippen LogP contribution in [0.3, 0.4) is 0 Å². The maximum Gasteiger partial charge on any atom is 0.221 e. The molecule has 0 fully saturated rings. The first-order valence-corrected chi connectivity index (χ1v) is 8.96. The van der Waals surface area contributed by atoms with Crippen LogP contribution in [0.15, 0.2) is 31.7 Å². The zero-order valence-electron chi connectivity index (χ0n) is 11.5. The molecular weight excluding hydrogens is 480 g/mol. The number of hydrogen-bond donors (Lipinski definition) is 1. The number of nitrogens with zero attached hydrogens (tertiary/aromatic N) is 1. The summed E-state index contributed by atoms with van der Waals surface area (Å²) in [5, 5.41) is 2.72. The lowest BCUT2D eigenvalue weighted by molar-refractivity contribution is -0.114. The van der Waals surface area contributed by atoms with Crippen LogP contribution in [0.1, 0.15) is 28.5 Å². The van der Waals surface area contributed by atoms with E-state index in [1.54, 1.807) is 6.07 Å². The van der Waals surface area contributed by atoms with Crippen LogP contribution in [-0.2, 0) is 17.8 Å². The molecule has 1 amide bonds. The van der Waals surface area contributed by atoms with E-state index in [-0.39, 0.29) is 11.7 Å². The summed E-state index contributed by atoms with van der Waals surface area (Å²) in [6, 6.07) is 5.48. The van der Waals surface area contributed by atoms with E-state index in [9.17, 15) is 9.59 Å². The van der Waals surface area contributed by atoms with E-state index in [1.165, 1.54) is 6.92 Å². The van der Waals surface area contributed by atoms with Gasteiger partial charge in [-0.1, -0.05) is 6.07 Å². The second-order valence-electron chi connectivity index (χ2n) is 5.05. The smallest absolute Gasteiger partial charge is 0.221 e. The maximum atomic E-state index is 12.9. The largest absolute Gasteiger partial charge is 0.330 e.